The molecular weight excluding hydrogens is 494 g/mol. The summed E-state index contributed by atoms with van der Waals surface area (Å²) in [6.45, 7) is 3.79. The van der Waals surface area contributed by atoms with Crippen LogP contribution < -0.4 is 16.3 Å². The first kappa shape index (κ1) is 29.5. The van der Waals surface area contributed by atoms with E-state index in [0.717, 1.165) is 23.9 Å². The molecule has 0 fully saturated rings. The number of aliphatic imine (C=N–C) groups is 2. The lowest BCUT2D eigenvalue weighted by Gasteiger charge is -2.18. The first-order valence-electron chi connectivity index (χ1n) is 11.1. The monoisotopic (exact) mass is 523 g/mol. The fourth-order valence-corrected chi connectivity index (χ4v) is 3.05. The maximum Gasteiger partial charge on any atom is 0.430 e. The van der Waals surface area contributed by atoms with Crippen molar-refractivity contribution in [3.8, 4) is 5.75 Å². The highest BCUT2D eigenvalue weighted by molar-refractivity contribution is 6.39. The molecule has 2 aromatic rings. The number of halogens is 4. The third-order valence-electron chi connectivity index (χ3n) is 5.08. The SMILES string of the molecule is CCN=CC(=NN)C(O)C(C=C(N)C(F)(F)F)=Nc1ccc(F)cc1[C@@H](C)OCc1ccc(OC)cc1. The lowest BCUT2D eigenvalue weighted by atomic mass is 10.1. The minimum atomic E-state index is -4.89. The van der Waals surface area contributed by atoms with Crippen LogP contribution in [-0.2, 0) is 11.3 Å². The number of hydrogen-bond acceptors (Lipinski definition) is 8. The van der Waals surface area contributed by atoms with Crippen molar-refractivity contribution in [1.29, 1.82) is 0 Å². The fraction of sp³-hybridized carbons (Fsp3) is 0.320. The Balaban J connectivity index is 2.49. The van der Waals surface area contributed by atoms with Gasteiger partial charge in [-0.3, -0.25) is 4.99 Å². The van der Waals surface area contributed by atoms with Gasteiger partial charge in [-0.15, -0.1) is 0 Å². The van der Waals surface area contributed by atoms with Crippen molar-refractivity contribution < 1.29 is 32.1 Å². The van der Waals surface area contributed by atoms with Crippen LogP contribution in [0.1, 0.15) is 31.1 Å². The maximum absolute atomic E-state index is 14.1. The molecule has 0 aliphatic heterocycles. The predicted molar refractivity (Wildman–Crippen MR) is 135 cm³/mol. The zero-order valence-electron chi connectivity index (χ0n) is 20.5. The summed E-state index contributed by atoms with van der Waals surface area (Å²) in [6.07, 6.45) is -5.86. The molecule has 37 heavy (non-hydrogen) atoms. The van der Waals surface area contributed by atoms with Gasteiger partial charge in [0.15, 0.2) is 0 Å². The third-order valence-corrected chi connectivity index (χ3v) is 5.08. The Bertz CT molecular complexity index is 1160. The highest BCUT2D eigenvalue weighted by atomic mass is 19.4. The van der Waals surface area contributed by atoms with E-state index in [1.165, 1.54) is 6.07 Å². The molecule has 2 rings (SSSR count). The van der Waals surface area contributed by atoms with Gasteiger partial charge >= 0.3 is 6.18 Å². The fourth-order valence-electron chi connectivity index (χ4n) is 3.05. The molecule has 0 aliphatic rings. The molecule has 0 amide bonds. The number of nitrogens with zero attached hydrogens (tertiary/aromatic N) is 3. The summed E-state index contributed by atoms with van der Waals surface area (Å²) in [6, 6.07) is 10.6. The normalized spacial score (nSPS) is 15.2. The van der Waals surface area contributed by atoms with Crippen molar-refractivity contribution >= 4 is 23.3 Å². The predicted octanol–water partition coefficient (Wildman–Crippen LogP) is 4.36. The Hall–Kier alpha value is -3.77. The molecule has 0 bridgehead atoms. The maximum atomic E-state index is 14.1. The number of benzene rings is 2. The Kier molecular flexibility index (Phi) is 10.8. The molecule has 0 saturated heterocycles. The van der Waals surface area contributed by atoms with Crippen molar-refractivity contribution in [2.24, 2.45) is 26.7 Å². The smallest absolute Gasteiger partial charge is 0.430 e. The molecule has 5 N–H and O–H groups in total. The highest BCUT2D eigenvalue weighted by Crippen LogP contribution is 2.31. The molecule has 0 aromatic heterocycles. The third kappa shape index (κ3) is 8.69. The minimum Gasteiger partial charge on any atom is -0.497 e. The molecule has 2 aromatic carbocycles. The Morgan fingerprint density at radius 2 is 1.81 bits per heavy atom. The second-order valence-corrected chi connectivity index (χ2v) is 7.72. The summed E-state index contributed by atoms with van der Waals surface area (Å²) >= 11 is 0. The first-order chi connectivity index (χ1) is 17.5. The Morgan fingerprint density at radius 1 is 1.14 bits per heavy atom. The van der Waals surface area contributed by atoms with Crippen LogP contribution in [0.4, 0.5) is 23.2 Å². The number of methoxy groups -OCH3 is 1. The van der Waals surface area contributed by atoms with Crippen molar-refractivity contribution in [2.45, 2.75) is 38.8 Å². The number of aliphatic hydroxyl groups excluding tert-OH is 1. The number of ether oxygens (including phenoxy) is 2. The Morgan fingerprint density at radius 3 is 2.38 bits per heavy atom. The number of allylic oxidation sites excluding steroid dienone is 1. The summed E-state index contributed by atoms with van der Waals surface area (Å²) in [5.41, 5.74) is 3.98. The molecule has 0 spiro atoms. The van der Waals surface area contributed by atoms with Crippen LogP contribution in [0.2, 0.25) is 0 Å². The number of hydrogen-bond donors (Lipinski definition) is 3. The van der Waals surface area contributed by atoms with Gasteiger partial charge in [-0.25, -0.2) is 9.38 Å². The van der Waals surface area contributed by atoms with Crippen molar-refractivity contribution in [2.75, 3.05) is 13.7 Å². The van der Waals surface area contributed by atoms with Gasteiger partial charge in [0.25, 0.3) is 0 Å². The molecule has 2 atom stereocenters. The summed E-state index contributed by atoms with van der Waals surface area (Å²) in [5, 5.41) is 14.1. The van der Waals surface area contributed by atoms with Crippen LogP contribution in [0, 0.1) is 5.82 Å². The van der Waals surface area contributed by atoms with Crippen LogP contribution in [0.15, 0.2) is 69.3 Å². The van der Waals surface area contributed by atoms with Gasteiger partial charge in [-0.05, 0) is 55.8 Å². The number of aliphatic hydroxyl groups is 1. The quantitative estimate of drug-likeness (QED) is 0.175. The van der Waals surface area contributed by atoms with E-state index in [2.05, 4.69) is 15.1 Å². The van der Waals surface area contributed by atoms with Crippen LogP contribution in [0.5, 0.6) is 5.75 Å². The lowest BCUT2D eigenvalue weighted by Crippen LogP contribution is -2.33. The van der Waals surface area contributed by atoms with E-state index in [1.807, 2.05) is 0 Å². The molecule has 1 unspecified atom stereocenters. The van der Waals surface area contributed by atoms with Crippen molar-refractivity contribution in [3.63, 3.8) is 0 Å². The average molecular weight is 524 g/mol. The van der Waals surface area contributed by atoms with Crippen LogP contribution in [-0.4, -0.2) is 48.7 Å². The second-order valence-electron chi connectivity index (χ2n) is 7.72. The standard InChI is InChI=1S/C25H29F4N5O3/c1-4-32-13-22(34-31)24(35)21(12-23(30)25(27,28)29)33-20-10-7-17(26)11-19(20)15(2)37-14-16-5-8-18(36-3)9-6-16/h5-13,15,24,35H,4,14,30-31H2,1-3H3/t15-,24?/m1/s1. The van der Waals surface area contributed by atoms with E-state index in [4.69, 9.17) is 21.1 Å². The van der Waals surface area contributed by atoms with E-state index >= 15 is 0 Å². The number of alkyl halides is 3. The molecule has 0 heterocycles. The van der Waals surface area contributed by atoms with Crippen molar-refractivity contribution in [1.82, 2.24) is 0 Å². The largest absolute Gasteiger partial charge is 0.497 e. The highest BCUT2D eigenvalue weighted by Gasteiger charge is 2.33. The molecule has 200 valence electrons. The van der Waals surface area contributed by atoms with E-state index in [9.17, 15) is 22.7 Å². The van der Waals surface area contributed by atoms with Crippen LogP contribution in [0.25, 0.3) is 0 Å². The first-order valence-corrected chi connectivity index (χ1v) is 11.1. The van der Waals surface area contributed by atoms with E-state index in [0.29, 0.717) is 18.4 Å². The average Bonchev–Trinajstić information content (AvgIpc) is 2.87. The molecule has 0 aliphatic carbocycles. The molecule has 0 saturated carbocycles. The molecule has 8 nitrogen and oxygen atoms in total. The van der Waals surface area contributed by atoms with Gasteiger partial charge in [-0.1, -0.05) is 12.1 Å². The van der Waals surface area contributed by atoms with Gasteiger partial charge in [0, 0.05) is 18.3 Å². The minimum absolute atomic E-state index is 0.0488. The topological polar surface area (TPSA) is 128 Å². The molecular formula is C25H29F4N5O3. The zero-order valence-corrected chi connectivity index (χ0v) is 20.5. The van der Waals surface area contributed by atoms with E-state index < -0.39 is 35.6 Å². The van der Waals surface area contributed by atoms with Gasteiger partial charge in [-0.2, -0.15) is 18.3 Å². The number of nitrogens with two attached hydrogens (primary N) is 2. The number of rotatable bonds is 11. The van der Waals surface area contributed by atoms with E-state index in [1.54, 1.807) is 45.2 Å². The van der Waals surface area contributed by atoms with Gasteiger partial charge in [0.2, 0.25) is 0 Å². The van der Waals surface area contributed by atoms with Crippen LogP contribution >= 0.6 is 0 Å². The lowest BCUT2D eigenvalue weighted by molar-refractivity contribution is -0.0925. The molecule has 0 radical (unpaired) electrons. The zero-order chi connectivity index (χ0) is 27.6. The van der Waals surface area contributed by atoms with Gasteiger partial charge < -0.3 is 26.2 Å². The van der Waals surface area contributed by atoms with Crippen LogP contribution in [0.3, 0.4) is 0 Å². The van der Waals surface area contributed by atoms with Crippen molar-refractivity contribution in [3.05, 3.63) is 71.2 Å². The summed E-state index contributed by atoms with van der Waals surface area (Å²) in [5.74, 6) is 5.36. The number of hydrazone groups is 1. The van der Waals surface area contributed by atoms with Gasteiger partial charge in [0.05, 0.1) is 31.2 Å². The Labute approximate surface area is 212 Å². The molecule has 12 heteroatoms. The second kappa shape index (κ2) is 13.5. The van der Waals surface area contributed by atoms with E-state index in [-0.39, 0.29) is 23.6 Å². The summed E-state index contributed by atoms with van der Waals surface area (Å²) in [4.78, 5) is 8.08. The van der Waals surface area contributed by atoms with Gasteiger partial charge in [0.1, 0.15) is 29.1 Å². The summed E-state index contributed by atoms with van der Waals surface area (Å²) in [7, 11) is 1.54. The summed E-state index contributed by atoms with van der Waals surface area (Å²) < 4.78 is 64.6.